The van der Waals surface area contributed by atoms with Gasteiger partial charge in [-0.25, -0.2) is 0 Å². The van der Waals surface area contributed by atoms with Crippen LogP contribution in [0.1, 0.15) is 46.0 Å². The van der Waals surface area contributed by atoms with Crippen molar-refractivity contribution in [2.45, 2.75) is 70.4 Å². The van der Waals surface area contributed by atoms with Crippen LogP contribution in [0.5, 0.6) is 5.75 Å². The molecule has 1 aromatic carbocycles. The van der Waals surface area contributed by atoms with E-state index >= 15 is 0 Å². The van der Waals surface area contributed by atoms with E-state index in [1.165, 1.54) is 0 Å². The van der Waals surface area contributed by atoms with Crippen LogP contribution in [0.15, 0.2) is 48.6 Å². The molecule has 3 N–H and O–H groups in total. The fourth-order valence-corrected chi connectivity index (χ4v) is 3.99. The lowest BCUT2D eigenvalue weighted by Gasteiger charge is -2.19. The van der Waals surface area contributed by atoms with Crippen molar-refractivity contribution in [2.75, 3.05) is 6.61 Å². The monoisotopic (exact) mass is 466 g/mol. The van der Waals surface area contributed by atoms with Gasteiger partial charge in [-0.3, -0.25) is 4.79 Å². The van der Waals surface area contributed by atoms with Crippen molar-refractivity contribution in [1.29, 1.82) is 0 Å². The summed E-state index contributed by atoms with van der Waals surface area (Å²) in [6.07, 6.45) is 7.90. The Kier molecular flexibility index (Phi) is 11.2. The lowest BCUT2D eigenvalue weighted by atomic mass is 9.89. The van der Waals surface area contributed by atoms with Gasteiger partial charge in [0.1, 0.15) is 18.5 Å². The SMILES string of the molecule is CC(C)OC(=O)CCCC=CC[C@@H]1[C@@H](/C=C/[C@@H](O)COc2cccc(Cl)c2)[C@H](O)C[C@@H]1O. The Hall–Kier alpha value is -1.86. The Labute approximate surface area is 195 Å². The second-order valence-corrected chi connectivity index (χ2v) is 8.91. The Balaban J connectivity index is 1.78. The first-order chi connectivity index (χ1) is 15.3. The molecule has 0 amide bonds. The number of carbonyl (C=O) groups excluding carboxylic acids is 1. The first kappa shape index (κ1) is 26.4. The number of aliphatic hydroxyl groups is 3. The van der Waals surface area contributed by atoms with Crippen LogP contribution in [0, 0.1) is 11.8 Å². The van der Waals surface area contributed by atoms with E-state index in [2.05, 4.69) is 0 Å². The van der Waals surface area contributed by atoms with Crippen LogP contribution in [0.2, 0.25) is 5.02 Å². The van der Waals surface area contributed by atoms with Gasteiger partial charge in [0.15, 0.2) is 0 Å². The molecule has 0 heterocycles. The number of hydrogen-bond donors (Lipinski definition) is 3. The molecular weight excluding hydrogens is 432 g/mol. The van der Waals surface area contributed by atoms with Gasteiger partial charge in [0.05, 0.1) is 18.3 Å². The largest absolute Gasteiger partial charge is 0.491 e. The third kappa shape index (κ3) is 9.33. The van der Waals surface area contributed by atoms with E-state index in [1.54, 1.807) is 36.4 Å². The van der Waals surface area contributed by atoms with Crippen molar-refractivity contribution in [2.24, 2.45) is 11.8 Å². The number of ether oxygens (including phenoxy) is 2. The topological polar surface area (TPSA) is 96.2 Å². The summed E-state index contributed by atoms with van der Waals surface area (Å²) in [5.74, 6) is -0.00598. The number of aliphatic hydroxyl groups excluding tert-OH is 3. The second kappa shape index (κ2) is 13.6. The van der Waals surface area contributed by atoms with Crippen LogP contribution in [-0.4, -0.2) is 52.3 Å². The van der Waals surface area contributed by atoms with Gasteiger partial charge in [0, 0.05) is 23.8 Å². The predicted molar refractivity (Wildman–Crippen MR) is 125 cm³/mol. The van der Waals surface area contributed by atoms with Crippen LogP contribution < -0.4 is 4.74 Å². The molecule has 0 spiro atoms. The van der Waals surface area contributed by atoms with E-state index in [4.69, 9.17) is 21.1 Å². The highest BCUT2D eigenvalue weighted by molar-refractivity contribution is 6.30. The van der Waals surface area contributed by atoms with Crippen LogP contribution in [0.25, 0.3) is 0 Å². The fourth-order valence-electron chi connectivity index (χ4n) is 3.81. The van der Waals surface area contributed by atoms with E-state index in [0.29, 0.717) is 36.5 Å². The Morgan fingerprint density at radius 3 is 2.75 bits per heavy atom. The van der Waals surface area contributed by atoms with Gasteiger partial charge >= 0.3 is 5.97 Å². The smallest absolute Gasteiger partial charge is 0.306 e. The minimum absolute atomic E-state index is 0.0615. The molecule has 1 aliphatic rings. The van der Waals surface area contributed by atoms with Crippen molar-refractivity contribution >= 4 is 17.6 Å². The first-order valence-electron chi connectivity index (χ1n) is 11.2. The summed E-state index contributed by atoms with van der Waals surface area (Å²) in [6.45, 7) is 3.72. The summed E-state index contributed by atoms with van der Waals surface area (Å²) < 4.78 is 10.6. The fraction of sp³-hybridized carbons (Fsp3) is 0.560. The molecule has 2 rings (SSSR count). The van der Waals surface area contributed by atoms with Crippen LogP contribution in [-0.2, 0) is 9.53 Å². The van der Waals surface area contributed by atoms with Crippen molar-refractivity contribution in [1.82, 2.24) is 0 Å². The van der Waals surface area contributed by atoms with Crippen LogP contribution >= 0.6 is 11.6 Å². The third-order valence-electron chi connectivity index (χ3n) is 5.38. The third-order valence-corrected chi connectivity index (χ3v) is 5.62. The van der Waals surface area contributed by atoms with E-state index in [1.807, 2.05) is 26.0 Å². The standard InChI is InChI=1S/C25H35ClO6/c1-17(2)32-25(30)11-6-4-3-5-10-21-22(24(29)15-23(21)28)13-12-19(27)16-31-20-9-7-8-18(26)14-20/h3,5,7-9,12-14,17,19,21-24,27-29H,4,6,10-11,15-16H2,1-2H3/b5-3?,13-12+/t19-,21-,22-,23+,24-/m1/s1. The number of allylic oxidation sites excluding steroid dienone is 2. The van der Waals surface area contributed by atoms with Crippen LogP contribution in [0.3, 0.4) is 0 Å². The molecule has 0 radical (unpaired) electrons. The molecule has 7 heteroatoms. The maximum absolute atomic E-state index is 11.5. The maximum Gasteiger partial charge on any atom is 0.306 e. The summed E-state index contributed by atoms with van der Waals surface area (Å²) in [4.78, 5) is 11.5. The Morgan fingerprint density at radius 2 is 2.03 bits per heavy atom. The average molecular weight is 467 g/mol. The summed E-state index contributed by atoms with van der Waals surface area (Å²) >= 11 is 5.92. The summed E-state index contributed by atoms with van der Waals surface area (Å²) in [5, 5.41) is 31.5. The second-order valence-electron chi connectivity index (χ2n) is 8.47. The predicted octanol–water partition coefficient (Wildman–Crippen LogP) is 4.06. The number of carbonyl (C=O) groups is 1. The summed E-state index contributed by atoms with van der Waals surface area (Å²) in [5.41, 5.74) is 0. The number of rotatable bonds is 12. The van der Waals surface area contributed by atoms with E-state index < -0.39 is 18.3 Å². The molecule has 32 heavy (non-hydrogen) atoms. The zero-order valence-corrected chi connectivity index (χ0v) is 19.5. The van der Waals surface area contributed by atoms with E-state index in [0.717, 1.165) is 6.42 Å². The highest BCUT2D eigenvalue weighted by atomic mass is 35.5. The highest BCUT2D eigenvalue weighted by Gasteiger charge is 2.39. The zero-order valence-electron chi connectivity index (χ0n) is 18.8. The lowest BCUT2D eigenvalue weighted by Crippen LogP contribution is -2.21. The quantitative estimate of drug-likeness (QED) is 0.244. The minimum Gasteiger partial charge on any atom is -0.491 e. The molecule has 6 nitrogen and oxygen atoms in total. The summed E-state index contributed by atoms with van der Waals surface area (Å²) in [6, 6.07) is 6.94. The zero-order chi connectivity index (χ0) is 23.5. The van der Waals surface area contributed by atoms with Crippen molar-refractivity contribution in [3.8, 4) is 5.75 Å². The molecule has 0 aromatic heterocycles. The number of esters is 1. The first-order valence-corrected chi connectivity index (χ1v) is 11.6. The van der Waals surface area contributed by atoms with E-state index in [9.17, 15) is 20.1 Å². The minimum atomic E-state index is -0.847. The van der Waals surface area contributed by atoms with Gasteiger partial charge in [-0.1, -0.05) is 42.0 Å². The van der Waals surface area contributed by atoms with Crippen LogP contribution in [0.4, 0.5) is 0 Å². The molecule has 1 aliphatic carbocycles. The number of benzene rings is 1. The van der Waals surface area contributed by atoms with Gasteiger partial charge in [0.25, 0.3) is 0 Å². The molecule has 1 saturated carbocycles. The highest BCUT2D eigenvalue weighted by Crippen LogP contribution is 2.36. The molecule has 0 saturated heterocycles. The molecule has 178 valence electrons. The number of halogens is 1. The summed E-state index contributed by atoms with van der Waals surface area (Å²) in [7, 11) is 0. The number of hydrogen-bond acceptors (Lipinski definition) is 6. The van der Waals surface area contributed by atoms with Gasteiger partial charge < -0.3 is 24.8 Å². The molecule has 0 bridgehead atoms. The molecule has 1 aromatic rings. The van der Waals surface area contributed by atoms with Gasteiger partial charge in [0.2, 0.25) is 0 Å². The number of unbranched alkanes of at least 4 members (excludes halogenated alkanes) is 1. The molecule has 5 atom stereocenters. The van der Waals surface area contributed by atoms with Crippen molar-refractivity contribution in [3.63, 3.8) is 0 Å². The van der Waals surface area contributed by atoms with Crippen molar-refractivity contribution < 1.29 is 29.6 Å². The van der Waals surface area contributed by atoms with Gasteiger partial charge in [-0.2, -0.15) is 0 Å². The molecular formula is C25H35ClO6. The van der Waals surface area contributed by atoms with Gasteiger partial charge in [-0.05, 0) is 57.2 Å². The molecule has 0 unspecified atom stereocenters. The van der Waals surface area contributed by atoms with E-state index in [-0.39, 0.29) is 30.5 Å². The molecule has 0 aliphatic heterocycles. The Morgan fingerprint density at radius 1 is 1.25 bits per heavy atom. The lowest BCUT2D eigenvalue weighted by molar-refractivity contribution is -0.147. The van der Waals surface area contributed by atoms with Crippen molar-refractivity contribution in [3.05, 3.63) is 53.6 Å². The molecule has 1 fully saturated rings. The normalized spacial score (nSPS) is 24.5. The maximum atomic E-state index is 11.5. The average Bonchev–Trinajstić information content (AvgIpc) is 2.99. The Bertz CT molecular complexity index is 763. The van der Waals surface area contributed by atoms with Gasteiger partial charge in [-0.15, -0.1) is 0 Å².